The zero-order valence-electron chi connectivity index (χ0n) is 13.1. The third-order valence-corrected chi connectivity index (χ3v) is 6.03. The SMILES string of the molecule is CCC(CO)NCCNC1CC2CC(C1C)C2(C)C. The van der Waals surface area contributed by atoms with Gasteiger partial charge in [-0.15, -0.1) is 0 Å². The first kappa shape index (κ1) is 15.3. The summed E-state index contributed by atoms with van der Waals surface area (Å²) in [4.78, 5) is 0. The number of nitrogens with one attached hydrogen (secondary N) is 2. The topological polar surface area (TPSA) is 44.3 Å². The Kier molecular flexibility index (Phi) is 4.91. The lowest BCUT2D eigenvalue weighted by atomic mass is 9.45. The summed E-state index contributed by atoms with van der Waals surface area (Å²) in [5, 5.41) is 16.3. The number of hydrogen-bond acceptors (Lipinski definition) is 3. The molecule has 3 saturated carbocycles. The maximum absolute atomic E-state index is 9.13. The summed E-state index contributed by atoms with van der Waals surface area (Å²) >= 11 is 0. The minimum absolute atomic E-state index is 0.245. The molecule has 0 aliphatic heterocycles. The Hall–Kier alpha value is -0.120. The Balaban J connectivity index is 1.68. The van der Waals surface area contributed by atoms with E-state index in [-0.39, 0.29) is 12.6 Å². The van der Waals surface area contributed by atoms with Crippen molar-refractivity contribution in [1.29, 1.82) is 0 Å². The molecule has 3 heteroatoms. The molecule has 5 atom stereocenters. The van der Waals surface area contributed by atoms with E-state index >= 15 is 0 Å². The van der Waals surface area contributed by atoms with Gasteiger partial charge in [0.25, 0.3) is 0 Å². The highest BCUT2D eigenvalue weighted by Crippen LogP contribution is 2.61. The Morgan fingerprint density at radius 1 is 1.26 bits per heavy atom. The van der Waals surface area contributed by atoms with Crippen molar-refractivity contribution in [3.63, 3.8) is 0 Å². The first-order valence-electron chi connectivity index (χ1n) is 8.08. The Morgan fingerprint density at radius 2 is 2.00 bits per heavy atom. The van der Waals surface area contributed by atoms with Crippen molar-refractivity contribution in [2.75, 3.05) is 19.7 Å². The van der Waals surface area contributed by atoms with E-state index in [1.165, 1.54) is 12.8 Å². The second-order valence-electron chi connectivity index (χ2n) is 7.26. The van der Waals surface area contributed by atoms with Crippen LogP contribution in [0.25, 0.3) is 0 Å². The first-order valence-corrected chi connectivity index (χ1v) is 8.08. The van der Waals surface area contributed by atoms with Crippen molar-refractivity contribution in [2.45, 2.75) is 59.0 Å². The lowest BCUT2D eigenvalue weighted by Gasteiger charge is -2.62. The summed E-state index contributed by atoms with van der Waals surface area (Å²) < 4.78 is 0. The quantitative estimate of drug-likeness (QED) is 0.619. The molecule has 3 nitrogen and oxygen atoms in total. The molecule has 3 N–H and O–H groups in total. The molecule has 3 fully saturated rings. The van der Waals surface area contributed by atoms with E-state index < -0.39 is 0 Å². The third kappa shape index (κ3) is 2.98. The van der Waals surface area contributed by atoms with Gasteiger partial charge in [-0.1, -0.05) is 27.7 Å². The molecule has 0 radical (unpaired) electrons. The fraction of sp³-hybridized carbons (Fsp3) is 1.00. The molecule has 0 spiro atoms. The fourth-order valence-corrected chi connectivity index (χ4v) is 4.29. The summed E-state index contributed by atoms with van der Waals surface area (Å²) in [6, 6.07) is 0.964. The minimum Gasteiger partial charge on any atom is -0.395 e. The van der Waals surface area contributed by atoms with Gasteiger partial charge in [-0.05, 0) is 42.4 Å². The molecule has 3 aliphatic carbocycles. The zero-order chi connectivity index (χ0) is 14.0. The number of hydrogen-bond donors (Lipinski definition) is 3. The maximum atomic E-state index is 9.13. The minimum atomic E-state index is 0.245. The predicted octanol–water partition coefficient (Wildman–Crippen LogP) is 2.01. The number of aliphatic hydroxyl groups is 1. The van der Waals surface area contributed by atoms with Gasteiger partial charge in [-0.2, -0.15) is 0 Å². The molecular weight excluding hydrogens is 236 g/mol. The van der Waals surface area contributed by atoms with E-state index in [4.69, 9.17) is 5.11 Å². The molecule has 19 heavy (non-hydrogen) atoms. The maximum Gasteiger partial charge on any atom is 0.0584 e. The van der Waals surface area contributed by atoms with E-state index in [1.54, 1.807) is 0 Å². The van der Waals surface area contributed by atoms with Crippen LogP contribution in [0.5, 0.6) is 0 Å². The Labute approximate surface area is 118 Å². The largest absolute Gasteiger partial charge is 0.395 e. The van der Waals surface area contributed by atoms with E-state index in [2.05, 4.69) is 38.3 Å². The lowest BCUT2D eigenvalue weighted by Crippen LogP contribution is -2.60. The molecule has 5 unspecified atom stereocenters. The Bertz CT molecular complexity index is 288. The number of rotatable bonds is 7. The van der Waals surface area contributed by atoms with Crippen LogP contribution in [0.3, 0.4) is 0 Å². The molecule has 0 aromatic carbocycles. The van der Waals surface area contributed by atoms with Crippen LogP contribution in [0.1, 0.15) is 47.0 Å². The molecule has 0 aromatic rings. The van der Waals surface area contributed by atoms with E-state index in [0.29, 0.717) is 11.5 Å². The van der Waals surface area contributed by atoms with Crippen LogP contribution < -0.4 is 10.6 Å². The fourth-order valence-electron chi connectivity index (χ4n) is 4.29. The van der Waals surface area contributed by atoms with Crippen molar-refractivity contribution < 1.29 is 5.11 Å². The van der Waals surface area contributed by atoms with Crippen LogP contribution in [-0.4, -0.2) is 36.9 Å². The van der Waals surface area contributed by atoms with Crippen molar-refractivity contribution in [3.8, 4) is 0 Å². The molecule has 112 valence electrons. The van der Waals surface area contributed by atoms with Gasteiger partial charge in [0.1, 0.15) is 0 Å². The van der Waals surface area contributed by atoms with Gasteiger partial charge >= 0.3 is 0 Å². The molecule has 0 saturated heterocycles. The van der Waals surface area contributed by atoms with Gasteiger partial charge in [0.05, 0.1) is 6.61 Å². The van der Waals surface area contributed by atoms with E-state index in [9.17, 15) is 0 Å². The van der Waals surface area contributed by atoms with Gasteiger partial charge in [0.15, 0.2) is 0 Å². The van der Waals surface area contributed by atoms with Crippen LogP contribution in [0.15, 0.2) is 0 Å². The molecule has 2 bridgehead atoms. The highest BCUT2D eigenvalue weighted by Gasteiger charge is 2.55. The normalized spacial score (nSPS) is 37.7. The van der Waals surface area contributed by atoms with Gasteiger partial charge in [-0.25, -0.2) is 0 Å². The predicted molar refractivity (Wildman–Crippen MR) is 80.1 cm³/mol. The van der Waals surface area contributed by atoms with Gasteiger partial charge in [-0.3, -0.25) is 0 Å². The zero-order valence-corrected chi connectivity index (χ0v) is 13.1. The molecule has 0 aromatic heterocycles. The van der Waals surface area contributed by atoms with Crippen LogP contribution in [0.2, 0.25) is 0 Å². The molecule has 3 aliphatic rings. The summed E-state index contributed by atoms with van der Waals surface area (Å²) in [7, 11) is 0. The standard InChI is InChI=1S/C16H32N2O/c1-5-13(10-19)17-6-7-18-15-9-12-8-14(11(15)2)16(12,3)4/h11-15,17-19H,5-10H2,1-4H3. The van der Waals surface area contributed by atoms with E-state index in [0.717, 1.165) is 37.3 Å². The van der Waals surface area contributed by atoms with Gasteiger partial charge in [0, 0.05) is 25.2 Å². The highest BCUT2D eigenvalue weighted by atomic mass is 16.3. The second kappa shape index (κ2) is 6.11. The Morgan fingerprint density at radius 3 is 2.53 bits per heavy atom. The van der Waals surface area contributed by atoms with Crippen LogP contribution in [0.4, 0.5) is 0 Å². The van der Waals surface area contributed by atoms with Crippen LogP contribution in [-0.2, 0) is 0 Å². The first-order chi connectivity index (χ1) is 9.00. The van der Waals surface area contributed by atoms with Crippen LogP contribution >= 0.6 is 0 Å². The lowest BCUT2D eigenvalue weighted by molar-refractivity contribution is -0.114. The summed E-state index contributed by atoms with van der Waals surface area (Å²) in [6.07, 6.45) is 3.80. The van der Waals surface area contributed by atoms with Gasteiger partial charge < -0.3 is 15.7 Å². The third-order valence-electron chi connectivity index (χ3n) is 6.03. The summed E-state index contributed by atoms with van der Waals surface area (Å²) in [5.74, 6) is 2.65. The van der Waals surface area contributed by atoms with Crippen molar-refractivity contribution in [1.82, 2.24) is 10.6 Å². The average molecular weight is 268 g/mol. The smallest absolute Gasteiger partial charge is 0.0584 e. The van der Waals surface area contributed by atoms with Crippen molar-refractivity contribution in [2.24, 2.45) is 23.2 Å². The summed E-state index contributed by atoms with van der Waals surface area (Å²) in [6.45, 7) is 11.7. The number of fused-ring (bicyclic) bond motifs is 2. The number of aliphatic hydroxyl groups excluding tert-OH is 1. The average Bonchev–Trinajstić information content (AvgIpc) is 2.39. The highest BCUT2D eigenvalue weighted by molar-refractivity contribution is 5.06. The van der Waals surface area contributed by atoms with Crippen LogP contribution in [0, 0.1) is 23.2 Å². The summed E-state index contributed by atoms with van der Waals surface area (Å²) in [5.41, 5.74) is 0.583. The van der Waals surface area contributed by atoms with Crippen molar-refractivity contribution >= 4 is 0 Å². The van der Waals surface area contributed by atoms with Gasteiger partial charge in [0.2, 0.25) is 0 Å². The molecule has 0 heterocycles. The van der Waals surface area contributed by atoms with Crippen molar-refractivity contribution in [3.05, 3.63) is 0 Å². The molecular formula is C16H32N2O. The molecule has 3 rings (SSSR count). The monoisotopic (exact) mass is 268 g/mol. The molecule has 0 amide bonds. The second-order valence-corrected chi connectivity index (χ2v) is 7.26. The van der Waals surface area contributed by atoms with E-state index in [1.807, 2.05) is 0 Å².